The van der Waals surface area contributed by atoms with Crippen LogP contribution in [0.5, 0.6) is 0 Å². The van der Waals surface area contributed by atoms with Crippen LogP contribution in [0, 0.1) is 0 Å². The number of aliphatic hydroxyl groups excluding tert-OH is 1. The first kappa shape index (κ1) is 16.0. The molecule has 0 spiro atoms. The molecule has 0 saturated carbocycles. The van der Waals surface area contributed by atoms with Crippen LogP contribution in [0.2, 0.25) is 0 Å². The Bertz CT molecular complexity index is 746. The number of carbonyl (C=O) groups excluding carboxylic acids is 1. The lowest BCUT2D eigenvalue weighted by atomic mass is 10.3. The molecule has 0 bridgehead atoms. The Balaban J connectivity index is 1.51. The molecule has 10 heteroatoms. The number of morpholine rings is 1. The first-order valence-electron chi connectivity index (χ1n) is 8.41. The molecule has 2 aliphatic heterocycles. The minimum atomic E-state index is -0.652. The normalized spacial score (nSPS) is 22.3. The predicted octanol–water partition coefficient (Wildman–Crippen LogP) is -0.712. The number of aliphatic hydroxyl groups is 1. The number of carbonyl (C=O) groups is 1. The van der Waals surface area contributed by atoms with Crippen LogP contribution in [0.1, 0.15) is 0 Å². The monoisotopic (exact) mass is 347 g/mol. The van der Waals surface area contributed by atoms with E-state index in [0.29, 0.717) is 63.9 Å². The van der Waals surface area contributed by atoms with Crippen molar-refractivity contribution >= 4 is 23.0 Å². The fraction of sp³-hybridized carbons (Fsp3) is 0.600. The Morgan fingerprint density at radius 1 is 1.12 bits per heavy atom. The average molecular weight is 347 g/mol. The first-order valence-corrected chi connectivity index (χ1v) is 8.41. The second-order valence-electron chi connectivity index (χ2n) is 6.23. The van der Waals surface area contributed by atoms with Gasteiger partial charge in [0.15, 0.2) is 11.5 Å². The lowest BCUT2D eigenvalue weighted by Gasteiger charge is -2.32. The van der Waals surface area contributed by atoms with Crippen molar-refractivity contribution in [2.75, 3.05) is 57.4 Å². The highest BCUT2D eigenvalue weighted by Crippen LogP contribution is 2.21. The number of rotatable bonds is 1. The Morgan fingerprint density at radius 2 is 1.96 bits per heavy atom. The number of ether oxygens (including phenoxy) is 1. The first-order chi connectivity index (χ1) is 12.2. The van der Waals surface area contributed by atoms with Gasteiger partial charge < -0.3 is 29.5 Å². The zero-order chi connectivity index (χ0) is 17.2. The Labute approximate surface area is 144 Å². The molecule has 0 unspecified atom stereocenters. The highest BCUT2D eigenvalue weighted by atomic mass is 16.5. The molecule has 0 aliphatic carbocycles. The molecule has 2 N–H and O–H groups in total. The number of β-amino-alcohol motifs (C(OH)–C–C–N with tert-alkyl or cyclic N) is 1. The van der Waals surface area contributed by atoms with Gasteiger partial charge in [0.2, 0.25) is 0 Å². The van der Waals surface area contributed by atoms with Gasteiger partial charge in [-0.15, -0.1) is 0 Å². The van der Waals surface area contributed by atoms with E-state index in [1.807, 2.05) is 4.90 Å². The Morgan fingerprint density at radius 3 is 2.80 bits per heavy atom. The number of anilines is 1. The van der Waals surface area contributed by atoms with E-state index in [0.717, 1.165) is 5.52 Å². The quantitative estimate of drug-likeness (QED) is 0.701. The summed E-state index contributed by atoms with van der Waals surface area (Å²) in [6.07, 6.45) is 2.39. The van der Waals surface area contributed by atoms with Gasteiger partial charge in [0.05, 0.1) is 32.2 Å². The van der Waals surface area contributed by atoms with Crippen LogP contribution < -0.4 is 4.90 Å². The molecule has 2 fully saturated rings. The van der Waals surface area contributed by atoms with Gasteiger partial charge in [0.1, 0.15) is 11.8 Å². The van der Waals surface area contributed by atoms with Gasteiger partial charge in [-0.25, -0.2) is 19.7 Å². The third kappa shape index (κ3) is 3.22. The highest BCUT2D eigenvalue weighted by molar-refractivity contribution is 5.82. The van der Waals surface area contributed by atoms with Gasteiger partial charge in [-0.05, 0) is 0 Å². The van der Waals surface area contributed by atoms with Crippen LogP contribution in [0.25, 0.3) is 11.2 Å². The van der Waals surface area contributed by atoms with Gasteiger partial charge in [-0.2, -0.15) is 0 Å². The molecule has 2 amide bonds. The van der Waals surface area contributed by atoms with Gasteiger partial charge in [-0.1, -0.05) is 0 Å². The van der Waals surface area contributed by atoms with Crippen molar-refractivity contribution in [2.45, 2.75) is 6.10 Å². The number of H-pyrrole nitrogens is 1. The number of nitrogens with one attached hydrogen (secondary N) is 1. The molecule has 2 aromatic rings. The smallest absolute Gasteiger partial charge is 0.320 e. The molecule has 0 radical (unpaired) electrons. The van der Waals surface area contributed by atoms with Gasteiger partial charge in [0, 0.05) is 32.7 Å². The van der Waals surface area contributed by atoms with Crippen LogP contribution in [0.3, 0.4) is 0 Å². The summed E-state index contributed by atoms with van der Waals surface area (Å²) in [7, 11) is 0. The van der Waals surface area contributed by atoms with Crippen LogP contribution in [-0.4, -0.2) is 99.5 Å². The molecule has 2 saturated heterocycles. The molecule has 2 aliphatic rings. The largest absolute Gasteiger partial charge is 0.389 e. The number of hydrogen-bond donors (Lipinski definition) is 2. The summed E-state index contributed by atoms with van der Waals surface area (Å²) >= 11 is 0. The van der Waals surface area contributed by atoms with Crippen molar-refractivity contribution in [3.63, 3.8) is 0 Å². The van der Waals surface area contributed by atoms with E-state index >= 15 is 0 Å². The summed E-state index contributed by atoms with van der Waals surface area (Å²) in [6, 6.07) is -0.0430. The minimum absolute atomic E-state index is 0.0430. The number of aromatic nitrogens is 4. The van der Waals surface area contributed by atoms with Crippen molar-refractivity contribution in [3.8, 4) is 0 Å². The van der Waals surface area contributed by atoms with Crippen molar-refractivity contribution < 1.29 is 14.6 Å². The van der Waals surface area contributed by atoms with E-state index in [1.165, 1.54) is 6.33 Å². The lowest BCUT2D eigenvalue weighted by Crippen LogP contribution is -2.50. The van der Waals surface area contributed by atoms with Crippen molar-refractivity contribution in [1.82, 2.24) is 29.7 Å². The molecule has 1 atom stereocenters. The molecule has 25 heavy (non-hydrogen) atoms. The number of amides is 2. The van der Waals surface area contributed by atoms with Crippen LogP contribution in [0.15, 0.2) is 12.7 Å². The number of nitrogens with zero attached hydrogens (tertiary/aromatic N) is 6. The van der Waals surface area contributed by atoms with E-state index in [4.69, 9.17) is 4.74 Å². The average Bonchev–Trinajstić information content (AvgIpc) is 3.04. The van der Waals surface area contributed by atoms with E-state index < -0.39 is 6.10 Å². The standard InChI is InChI=1S/C15H21N7O3/c23-11-7-21(14-12-13(17-9-16-12)18-10-19-14)1-2-22(8-11)15(24)20-3-5-25-6-4-20/h9-11,23H,1-8H2,(H,16,17,18,19)/t11-/m0/s1. The Hall–Kier alpha value is -2.46. The fourth-order valence-corrected chi connectivity index (χ4v) is 3.30. The topological polar surface area (TPSA) is 111 Å². The molecular weight excluding hydrogens is 326 g/mol. The third-order valence-corrected chi connectivity index (χ3v) is 4.56. The molecule has 4 rings (SSSR count). The van der Waals surface area contributed by atoms with Crippen LogP contribution in [-0.2, 0) is 4.74 Å². The van der Waals surface area contributed by atoms with Crippen LogP contribution in [0.4, 0.5) is 10.6 Å². The minimum Gasteiger partial charge on any atom is -0.389 e. The van der Waals surface area contributed by atoms with Crippen molar-refractivity contribution in [1.29, 1.82) is 0 Å². The van der Waals surface area contributed by atoms with E-state index in [9.17, 15) is 9.90 Å². The predicted molar refractivity (Wildman–Crippen MR) is 89.3 cm³/mol. The van der Waals surface area contributed by atoms with Crippen LogP contribution >= 0.6 is 0 Å². The van der Waals surface area contributed by atoms with E-state index in [-0.39, 0.29) is 6.03 Å². The van der Waals surface area contributed by atoms with Crippen molar-refractivity contribution in [2.24, 2.45) is 0 Å². The fourth-order valence-electron chi connectivity index (χ4n) is 3.30. The summed E-state index contributed by atoms with van der Waals surface area (Å²) in [5.41, 5.74) is 1.33. The summed E-state index contributed by atoms with van der Waals surface area (Å²) in [6.45, 7) is 4.12. The maximum absolute atomic E-state index is 12.7. The molecule has 2 aromatic heterocycles. The van der Waals surface area contributed by atoms with Gasteiger partial charge in [0.25, 0.3) is 0 Å². The SMILES string of the molecule is O=C(N1CCOCC1)N1CCN(c2ncnc3nc[nH]c23)C[C@H](O)C1. The number of hydrogen-bond acceptors (Lipinski definition) is 7. The highest BCUT2D eigenvalue weighted by Gasteiger charge is 2.29. The number of aromatic amines is 1. The number of urea groups is 1. The lowest BCUT2D eigenvalue weighted by molar-refractivity contribution is 0.0400. The molecule has 134 valence electrons. The van der Waals surface area contributed by atoms with Gasteiger partial charge >= 0.3 is 6.03 Å². The summed E-state index contributed by atoms with van der Waals surface area (Å²) in [5.74, 6) is 0.697. The molecule has 0 aromatic carbocycles. The van der Waals surface area contributed by atoms with Crippen molar-refractivity contribution in [3.05, 3.63) is 12.7 Å². The zero-order valence-corrected chi connectivity index (χ0v) is 13.8. The second-order valence-corrected chi connectivity index (χ2v) is 6.23. The second kappa shape index (κ2) is 6.81. The Kier molecular flexibility index (Phi) is 4.36. The maximum Gasteiger partial charge on any atom is 0.320 e. The summed E-state index contributed by atoms with van der Waals surface area (Å²) in [5, 5.41) is 10.4. The molecule has 10 nitrogen and oxygen atoms in total. The third-order valence-electron chi connectivity index (χ3n) is 4.56. The zero-order valence-electron chi connectivity index (χ0n) is 13.8. The number of imidazole rings is 1. The number of fused-ring (bicyclic) bond motifs is 1. The molecular formula is C15H21N7O3. The molecule has 4 heterocycles. The van der Waals surface area contributed by atoms with Gasteiger partial charge in [-0.3, -0.25) is 0 Å². The van der Waals surface area contributed by atoms with E-state index in [2.05, 4.69) is 19.9 Å². The maximum atomic E-state index is 12.7. The van der Waals surface area contributed by atoms with E-state index in [1.54, 1.807) is 16.1 Å². The summed E-state index contributed by atoms with van der Waals surface area (Å²) < 4.78 is 5.30. The summed E-state index contributed by atoms with van der Waals surface area (Å²) in [4.78, 5) is 33.8.